The van der Waals surface area contributed by atoms with Gasteiger partial charge in [0.1, 0.15) is 0 Å². The van der Waals surface area contributed by atoms with Crippen molar-refractivity contribution in [1.29, 1.82) is 0 Å². The smallest absolute Gasteiger partial charge is 0.307 e. The quantitative estimate of drug-likeness (QED) is 0.810. The Morgan fingerprint density at radius 3 is 2.28 bits per heavy atom. The number of hydrogen-bond acceptors (Lipinski definition) is 3. The van der Waals surface area contributed by atoms with E-state index < -0.39 is 23.6 Å². The van der Waals surface area contributed by atoms with Gasteiger partial charge in [0.05, 0.1) is 13.0 Å². The number of nitrogens with two attached hydrogens (primary N) is 1. The molecule has 0 spiro atoms. The van der Waals surface area contributed by atoms with E-state index in [9.17, 15) is 13.6 Å². The molecule has 1 atom stereocenters. The Bertz CT molecular complexity index is 780. The Morgan fingerprint density at radius 1 is 1.12 bits per heavy atom. The van der Waals surface area contributed by atoms with Crippen molar-refractivity contribution in [3.8, 4) is 11.1 Å². The molecule has 0 heterocycles. The second-order valence-corrected chi connectivity index (χ2v) is 6.25. The van der Waals surface area contributed by atoms with Crippen LogP contribution in [0.3, 0.4) is 0 Å². The first-order chi connectivity index (χ1) is 11.7. The van der Waals surface area contributed by atoms with Gasteiger partial charge in [-0.2, -0.15) is 0 Å². The highest BCUT2D eigenvalue weighted by molar-refractivity contribution is 5.73. The maximum absolute atomic E-state index is 14.2. The number of carbonyl (C=O) groups excluding carboxylic acids is 1. The van der Waals surface area contributed by atoms with Crippen LogP contribution in [0.4, 0.5) is 8.78 Å². The number of hydrogen-bond donors (Lipinski definition) is 1. The number of ether oxygens (including phenoxy) is 1. The summed E-state index contributed by atoms with van der Waals surface area (Å²) in [5.41, 5.74) is 10.3. The summed E-state index contributed by atoms with van der Waals surface area (Å²) >= 11 is 0. The lowest BCUT2D eigenvalue weighted by Gasteiger charge is -2.17. The zero-order valence-corrected chi connectivity index (χ0v) is 15.0. The zero-order valence-electron chi connectivity index (χ0n) is 15.0. The van der Waals surface area contributed by atoms with Crippen molar-refractivity contribution in [3.63, 3.8) is 0 Å². The van der Waals surface area contributed by atoms with E-state index in [0.29, 0.717) is 5.56 Å². The first-order valence-electron chi connectivity index (χ1n) is 8.23. The lowest BCUT2D eigenvalue weighted by atomic mass is 9.91. The maximum atomic E-state index is 14.2. The summed E-state index contributed by atoms with van der Waals surface area (Å²) in [7, 11) is 0. The lowest BCUT2D eigenvalue weighted by Crippen LogP contribution is -2.19. The number of aryl methyl sites for hydroxylation is 3. The van der Waals surface area contributed by atoms with E-state index in [1.165, 1.54) is 12.1 Å². The van der Waals surface area contributed by atoms with E-state index >= 15 is 0 Å². The first kappa shape index (κ1) is 19.1. The van der Waals surface area contributed by atoms with Crippen molar-refractivity contribution in [2.75, 3.05) is 6.61 Å². The third-order valence-corrected chi connectivity index (χ3v) is 4.11. The minimum absolute atomic E-state index is 0.0255. The molecule has 0 aliphatic rings. The number of esters is 1. The molecule has 0 fully saturated rings. The maximum Gasteiger partial charge on any atom is 0.307 e. The largest absolute Gasteiger partial charge is 0.466 e. The van der Waals surface area contributed by atoms with E-state index in [4.69, 9.17) is 10.5 Å². The van der Waals surface area contributed by atoms with Crippen molar-refractivity contribution in [2.24, 2.45) is 5.73 Å². The monoisotopic (exact) mass is 347 g/mol. The van der Waals surface area contributed by atoms with Crippen LogP contribution in [0.15, 0.2) is 24.3 Å². The highest BCUT2D eigenvalue weighted by Crippen LogP contribution is 2.32. The van der Waals surface area contributed by atoms with Gasteiger partial charge >= 0.3 is 5.97 Å². The summed E-state index contributed by atoms with van der Waals surface area (Å²) in [5, 5.41) is 0. The van der Waals surface area contributed by atoms with Crippen LogP contribution in [-0.4, -0.2) is 12.6 Å². The normalized spacial score (nSPS) is 12.1. The predicted molar refractivity (Wildman–Crippen MR) is 94.2 cm³/mol. The number of carbonyl (C=O) groups is 1. The molecule has 0 aliphatic heterocycles. The fourth-order valence-corrected chi connectivity index (χ4v) is 3.17. The highest BCUT2D eigenvalue weighted by Gasteiger charge is 2.21. The molecule has 0 saturated heterocycles. The zero-order chi connectivity index (χ0) is 18.7. The molecule has 5 heteroatoms. The van der Waals surface area contributed by atoms with E-state index in [0.717, 1.165) is 22.3 Å². The van der Waals surface area contributed by atoms with Crippen molar-refractivity contribution in [2.45, 2.75) is 40.2 Å². The molecule has 25 heavy (non-hydrogen) atoms. The molecule has 134 valence electrons. The summed E-state index contributed by atoms with van der Waals surface area (Å²) in [6.07, 6.45) is -0.209. The van der Waals surface area contributed by atoms with E-state index in [-0.39, 0.29) is 18.6 Å². The first-order valence-corrected chi connectivity index (χ1v) is 8.23. The molecule has 0 amide bonds. The van der Waals surface area contributed by atoms with Gasteiger partial charge < -0.3 is 10.5 Å². The molecule has 2 N–H and O–H groups in total. The molecule has 0 radical (unpaired) electrons. The Morgan fingerprint density at radius 2 is 1.72 bits per heavy atom. The van der Waals surface area contributed by atoms with Gasteiger partial charge in [0.25, 0.3) is 0 Å². The van der Waals surface area contributed by atoms with Crippen molar-refractivity contribution >= 4 is 5.97 Å². The standard InChI is InChI=1S/C20H23F2NO2/c1-5-25-18(24)10-17(23)15-8-14(9-16(21)20(15)22)19-12(3)6-11(2)7-13(19)4/h6-9,17H,5,10,23H2,1-4H3. The summed E-state index contributed by atoms with van der Waals surface area (Å²) in [6, 6.07) is 5.69. The Balaban J connectivity index is 2.50. The minimum Gasteiger partial charge on any atom is -0.466 e. The summed E-state index contributed by atoms with van der Waals surface area (Å²) in [4.78, 5) is 11.6. The Kier molecular flexibility index (Phi) is 5.90. The molecule has 2 aromatic carbocycles. The van der Waals surface area contributed by atoms with Crippen LogP contribution in [-0.2, 0) is 9.53 Å². The summed E-state index contributed by atoms with van der Waals surface area (Å²) < 4.78 is 33.2. The molecular weight excluding hydrogens is 324 g/mol. The van der Waals surface area contributed by atoms with Gasteiger partial charge in [0.15, 0.2) is 11.6 Å². The van der Waals surface area contributed by atoms with Gasteiger partial charge in [-0.25, -0.2) is 8.78 Å². The van der Waals surface area contributed by atoms with Crippen LogP contribution in [0.2, 0.25) is 0 Å². The molecule has 0 aliphatic carbocycles. The van der Waals surface area contributed by atoms with Gasteiger partial charge in [-0.3, -0.25) is 4.79 Å². The molecular formula is C20H23F2NO2. The van der Waals surface area contributed by atoms with E-state index in [1.54, 1.807) is 6.92 Å². The third-order valence-electron chi connectivity index (χ3n) is 4.11. The van der Waals surface area contributed by atoms with Gasteiger partial charge in [0, 0.05) is 11.6 Å². The predicted octanol–water partition coefficient (Wildman–Crippen LogP) is 4.51. The molecule has 1 unspecified atom stereocenters. The molecule has 3 nitrogen and oxygen atoms in total. The van der Waals surface area contributed by atoms with Crippen LogP contribution in [0, 0.1) is 32.4 Å². The Labute approximate surface area is 146 Å². The average Bonchev–Trinajstić information content (AvgIpc) is 2.49. The average molecular weight is 347 g/mol. The molecule has 0 aromatic heterocycles. The highest BCUT2D eigenvalue weighted by atomic mass is 19.2. The molecule has 0 bridgehead atoms. The van der Waals surface area contributed by atoms with Crippen LogP contribution in [0.1, 0.15) is 41.6 Å². The summed E-state index contributed by atoms with van der Waals surface area (Å²) in [5.74, 6) is -2.54. The van der Waals surface area contributed by atoms with Gasteiger partial charge in [-0.1, -0.05) is 17.7 Å². The Hall–Kier alpha value is -2.27. The SMILES string of the molecule is CCOC(=O)CC(N)c1cc(-c2c(C)cc(C)cc2C)cc(F)c1F. The summed E-state index contributed by atoms with van der Waals surface area (Å²) in [6.45, 7) is 7.72. The van der Waals surface area contributed by atoms with Crippen LogP contribution in [0.25, 0.3) is 11.1 Å². The molecule has 2 rings (SSSR count). The molecule has 0 saturated carbocycles. The third kappa shape index (κ3) is 4.23. The van der Waals surface area contributed by atoms with Gasteiger partial charge in [-0.15, -0.1) is 0 Å². The van der Waals surface area contributed by atoms with E-state index in [2.05, 4.69) is 0 Å². The van der Waals surface area contributed by atoms with E-state index in [1.807, 2.05) is 32.9 Å². The second kappa shape index (κ2) is 7.74. The fourth-order valence-electron chi connectivity index (χ4n) is 3.17. The van der Waals surface area contributed by atoms with Crippen LogP contribution >= 0.6 is 0 Å². The topological polar surface area (TPSA) is 52.3 Å². The van der Waals surface area contributed by atoms with Crippen molar-refractivity contribution in [3.05, 3.63) is 58.2 Å². The van der Waals surface area contributed by atoms with Gasteiger partial charge in [0.2, 0.25) is 0 Å². The van der Waals surface area contributed by atoms with Crippen molar-refractivity contribution in [1.82, 2.24) is 0 Å². The second-order valence-electron chi connectivity index (χ2n) is 6.25. The number of benzene rings is 2. The van der Waals surface area contributed by atoms with Crippen molar-refractivity contribution < 1.29 is 18.3 Å². The van der Waals surface area contributed by atoms with Gasteiger partial charge in [-0.05, 0) is 62.1 Å². The van der Waals surface area contributed by atoms with Crippen LogP contribution in [0.5, 0.6) is 0 Å². The minimum atomic E-state index is -1.03. The van der Waals surface area contributed by atoms with Crippen LogP contribution < -0.4 is 5.73 Å². The number of rotatable bonds is 5. The lowest BCUT2D eigenvalue weighted by molar-refractivity contribution is -0.143. The fraction of sp³-hybridized carbons (Fsp3) is 0.350. The molecule has 2 aromatic rings. The number of halogens is 2.